The van der Waals surface area contributed by atoms with Crippen molar-refractivity contribution < 1.29 is 28.6 Å². The molecule has 0 radical (unpaired) electrons. The Hall–Kier alpha value is -4.45. The second-order valence-electron chi connectivity index (χ2n) is 14.3. The van der Waals surface area contributed by atoms with Crippen LogP contribution in [0, 0.1) is 0 Å². The molecule has 0 aliphatic heterocycles. The molecule has 0 spiro atoms. The lowest BCUT2D eigenvalue weighted by Gasteiger charge is -2.18. The van der Waals surface area contributed by atoms with E-state index in [4.69, 9.17) is 14.2 Å². The molecule has 0 aromatic heterocycles. The van der Waals surface area contributed by atoms with Gasteiger partial charge in [-0.15, -0.1) is 0 Å². The second-order valence-corrected chi connectivity index (χ2v) is 14.3. The molecule has 0 heterocycles. The van der Waals surface area contributed by atoms with Crippen molar-refractivity contribution in [3.05, 3.63) is 134 Å². The average Bonchev–Trinajstić information content (AvgIpc) is 3.23. The molecule has 0 rings (SSSR count). The van der Waals surface area contributed by atoms with E-state index < -0.39 is 6.10 Å². The molecule has 6 nitrogen and oxygen atoms in total. The summed E-state index contributed by atoms with van der Waals surface area (Å²) < 4.78 is 16.6. The van der Waals surface area contributed by atoms with Crippen molar-refractivity contribution in [2.45, 2.75) is 168 Å². The van der Waals surface area contributed by atoms with Crippen molar-refractivity contribution in [3.8, 4) is 0 Å². The van der Waals surface area contributed by atoms with Gasteiger partial charge in [0.25, 0.3) is 0 Å². The lowest BCUT2D eigenvalue weighted by atomic mass is 10.1. The molecule has 6 heteroatoms. The number of esters is 3. The van der Waals surface area contributed by atoms with Crippen LogP contribution in [-0.2, 0) is 28.6 Å². The SMILES string of the molecule is CC\C=C/C=C\C=C/C=C\C=C/CCCCCC(=O)OC(COC(=O)CCC/C=C\C/C=C\C/C=C\C/C=C\CCCCC)COC(=O)CCCC/C=C\C/C=C\CC. The predicted octanol–water partition coefficient (Wildman–Crippen LogP) is 14.7. The highest BCUT2D eigenvalue weighted by atomic mass is 16.6. The van der Waals surface area contributed by atoms with Crippen molar-refractivity contribution in [2.24, 2.45) is 0 Å². The van der Waals surface area contributed by atoms with Gasteiger partial charge in [0.1, 0.15) is 13.2 Å². The summed E-state index contributed by atoms with van der Waals surface area (Å²) in [6, 6.07) is 0. The monoisotopic (exact) mass is 813 g/mol. The van der Waals surface area contributed by atoms with Gasteiger partial charge in [0, 0.05) is 19.3 Å². The quantitative estimate of drug-likeness (QED) is 0.0203. The number of carbonyl (C=O) groups excluding carboxylic acids is 3. The molecule has 0 aromatic carbocycles. The van der Waals surface area contributed by atoms with Crippen LogP contribution in [0.4, 0.5) is 0 Å². The number of hydrogen-bond acceptors (Lipinski definition) is 6. The maximum Gasteiger partial charge on any atom is 0.306 e. The Morgan fingerprint density at radius 1 is 0.373 bits per heavy atom. The zero-order valence-electron chi connectivity index (χ0n) is 37.2. The summed E-state index contributed by atoms with van der Waals surface area (Å²) in [4.78, 5) is 37.7. The number of carbonyl (C=O) groups is 3. The molecule has 0 aliphatic carbocycles. The maximum atomic E-state index is 12.7. The molecule has 0 saturated heterocycles. The molecular formula is C53H80O6. The van der Waals surface area contributed by atoms with E-state index in [-0.39, 0.29) is 50.4 Å². The van der Waals surface area contributed by atoms with Crippen LogP contribution in [0.25, 0.3) is 0 Å². The van der Waals surface area contributed by atoms with Crippen LogP contribution in [0.3, 0.4) is 0 Å². The van der Waals surface area contributed by atoms with Crippen LogP contribution in [0.2, 0.25) is 0 Å². The summed E-state index contributed by atoms with van der Waals surface area (Å²) in [5.41, 5.74) is 0. The standard InChI is InChI=1S/C53H80O6/c1-4-7-10-13-16-19-21-23-25-26-28-29-31-34-37-40-43-46-52(55)58-49-50(48-57-51(54)45-42-39-36-33-18-15-12-9-6-3)59-53(56)47-44-41-38-35-32-30-27-24-22-20-17-14-11-8-5-2/h8-9,11-12,14,16-20,22-25,27-30,32-34,37,50H,4-7,10,13,15,21,26,31,35-36,38-49H2,1-3H3/b11-8-,12-9-,17-14-,19-16-,22-20-,25-23-,27-24-,29-28-,32-30-,33-18-,37-34-. The van der Waals surface area contributed by atoms with E-state index >= 15 is 0 Å². The minimum absolute atomic E-state index is 0.135. The average molecular weight is 813 g/mol. The Bertz CT molecular complexity index is 1350. The Labute approximate surface area is 360 Å². The molecule has 1 unspecified atom stereocenters. The van der Waals surface area contributed by atoms with Crippen LogP contribution in [0.1, 0.15) is 162 Å². The Morgan fingerprint density at radius 3 is 1.31 bits per heavy atom. The van der Waals surface area contributed by atoms with E-state index in [1.807, 2.05) is 48.6 Å². The van der Waals surface area contributed by atoms with Crippen LogP contribution in [-0.4, -0.2) is 37.2 Å². The van der Waals surface area contributed by atoms with E-state index in [1.54, 1.807) is 0 Å². The van der Waals surface area contributed by atoms with Gasteiger partial charge in [-0.2, -0.15) is 0 Å². The van der Waals surface area contributed by atoms with Gasteiger partial charge in [-0.3, -0.25) is 14.4 Å². The van der Waals surface area contributed by atoms with Gasteiger partial charge in [-0.05, 0) is 103 Å². The summed E-state index contributed by atoms with van der Waals surface area (Å²) in [6.45, 7) is 6.18. The summed E-state index contributed by atoms with van der Waals surface area (Å²) in [5.74, 6) is -1.09. The fourth-order valence-electron chi connectivity index (χ4n) is 5.37. The highest BCUT2D eigenvalue weighted by molar-refractivity contribution is 5.71. The Kier molecular flexibility index (Phi) is 42.8. The minimum atomic E-state index is -0.838. The molecule has 0 aromatic rings. The van der Waals surface area contributed by atoms with Gasteiger partial charge in [-0.1, -0.05) is 174 Å². The lowest BCUT2D eigenvalue weighted by molar-refractivity contribution is -0.167. The van der Waals surface area contributed by atoms with Crippen LogP contribution < -0.4 is 0 Å². The molecular weight excluding hydrogens is 733 g/mol. The Morgan fingerprint density at radius 2 is 0.763 bits per heavy atom. The van der Waals surface area contributed by atoms with Crippen molar-refractivity contribution >= 4 is 17.9 Å². The number of allylic oxidation sites excluding steroid dienone is 22. The molecule has 0 bridgehead atoms. The number of ether oxygens (including phenoxy) is 3. The van der Waals surface area contributed by atoms with Crippen LogP contribution in [0.5, 0.6) is 0 Å². The fourth-order valence-corrected chi connectivity index (χ4v) is 5.37. The van der Waals surface area contributed by atoms with Gasteiger partial charge in [-0.25, -0.2) is 0 Å². The molecule has 0 saturated carbocycles. The second kappa shape index (κ2) is 46.2. The van der Waals surface area contributed by atoms with Crippen molar-refractivity contribution in [2.75, 3.05) is 13.2 Å². The van der Waals surface area contributed by atoms with Gasteiger partial charge in [0.05, 0.1) is 0 Å². The van der Waals surface area contributed by atoms with E-state index in [9.17, 15) is 14.4 Å². The third-order valence-corrected chi connectivity index (χ3v) is 8.75. The summed E-state index contributed by atoms with van der Waals surface area (Å²) in [5, 5.41) is 0. The summed E-state index contributed by atoms with van der Waals surface area (Å²) >= 11 is 0. The summed E-state index contributed by atoms with van der Waals surface area (Å²) in [6.07, 6.45) is 64.5. The van der Waals surface area contributed by atoms with Crippen molar-refractivity contribution in [3.63, 3.8) is 0 Å². The summed E-state index contributed by atoms with van der Waals surface area (Å²) in [7, 11) is 0. The molecule has 0 amide bonds. The van der Waals surface area contributed by atoms with E-state index in [2.05, 4.69) is 106 Å². The number of hydrogen-bond donors (Lipinski definition) is 0. The first-order valence-corrected chi connectivity index (χ1v) is 22.8. The molecule has 0 aliphatic rings. The minimum Gasteiger partial charge on any atom is -0.462 e. The molecule has 0 fully saturated rings. The smallest absolute Gasteiger partial charge is 0.306 e. The first-order valence-electron chi connectivity index (χ1n) is 22.8. The molecule has 59 heavy (non-hydrogen) atoms. The van der Waals surface area contributed by atoms with Gasteiger partial charge in [0.15, 0.2) is 6.10 Å². The van der Waals surface area contributed by atoms with Crippen molar-refractivity contribution in [1.82, 2.24) is 0 Å². The molecule has 328 valence electrons. The number of unbranched alkanes of at least 4 members (excludes halogenated alkanes) is 9. The molecule has 1 atom stereocenters. The highest BCUT2D eigenvalue weighted by Crippen LogP contribution is 2.10. The van der Waals surface area contributed by atoms with E-state index in [1.165, 1.54) is 25.7 Å². The zero-order valence-corrected chi connectivity index (χ0v) is 37.2. The third-order valence-electron chi connectivity index (χ3n) is 8.75. The first kappa shape index (κ1) is 54.6. The lowest BCUT2D eigenvalue weighted by Crippen LogP contribution is -2.30. The van der Waals surface area contributed by atoms with Crippen LogP contribution in [0.15, 0.2) is 134 Å². The van der Waals surface area contributed by atoms with Crippen LogP contribution >= 0.6 is 0 Å². The predicted molar refractivity (Wildman–Crippen MR) is 251 cm³/mol. The van der Waals surface area contributed by atoms with Gasteiger partial charge in [0.2, 0.25) is 0 Å². The topological polar surface area (TPSA) is 78.9 Å². The molecule has 0 N–H and O–H groups in total. The van der Waals surface area contributed by atoms with Crippen molar-refractivity contribution in [1.29, 1.82) is 0 Å². The third kappa shape index (κ3) is 44.5. The zero-order chi connectivity index (χ0) is 43.0. The highest BCUT2D eigenvalue weighted by Gasteiger charge is 2.19. The largest absolute Gasteiger partial charge is 0.462 e. The normalized spacial score (nSPS) is 13.3. The Balaban J connectivity index is 4.59. The number of rotatable bonds is 38. The van der Waals surface area contributed by atoms with E-state index in [0.717, 1.165) is 77.0 Å². The fraction of sp³-hybridized carbons (Fsp3) is 0.528. The first-order chi connectivity index (χ1) is 29.0. The van der Waals surface area contributed by atoms with Gasteiger partial charge >= 0.3 is 17.9 Å². The maximum absolute atomic E-state index is 12.7. The van der Waals surface area contributed by atoms with Gasteiger partial charge < -0.3 is 14.2 Å². The van der Waals surface area contributed by atoms with E-state index in [0.29, 0.717) is 19.3 Å².